The van der Waals surface area contributed by atoms with Crippen LogP contribution in [0.1, 0.15) is 180 Å². The molecule has 41 heavy (non-hydrogen) atoms. The lowest BCUT2D eigenvalue weighted by Gasteiger charge is -2.21. The van der Waals surface area contributed by atoms with Gasteiger partial charge in [-0.05, 0) is 56.1 Å². The molecular weight excluding hydrogens is 504 g/mol. The summed E-state index contributed by atoms with van der Waals surface area (Å²) >= 11 is 0. The maximum Gasteiger partial charge on any atom is 0.374 e. The molecule has 3 heteroatoms. The molecule has 3 nitrogen and oxygen atoms in total. The number of hydrogen-bond acceptors (Lipinski definition) is 3. The van der Waals surface area contributed by atoms with Crippen molar-refractivity contribution in [1.29, 1.82) is 0 Å². The first-order chi connectivity index (χ1) is 20.1. The van der Waals surface area contributed by atoms with E-state index in [1.54, 1.807) is 7.11 Å². The summed E-state index contributed by atoms with van der Waals surface area (Å²) in [7, 11) is 1.64. The lowest BCUT2D eigenvalue weighted by molar-refractivity contribution is -0.148. The van der Waals surface area contributed by atoms with E-state index in [1.807, 2.05) is 0 Å². The second-order valence-electron chi connectivity index (χ2n) is 12.0. The van der Waals surface area contributed by atoms with Gasteiger partial charge in [0.05, 0.1) is 7.11 Å². The summed E-state index contributed by atoms with van der Waals surface area (Å²) in [6.45, 7) is 8.95. The smallest absolute Gasteiger partial charge is 0.374 e. The molecule has 0 saturated heterocycles. The standard InChI is InChI=1S/C38H66O3/c1-6-10-13-16-18-19-20-22-24-30-34(29-23-21-17-14-11-7-2)41-38(39)37(40-5)36(32-25-15-12-8-3)35-31-27-26-28-33(35)9-4/h26-28,31,34H,6-25,29-30,32H2,1-5H3. The zero-order valence-corrected chi connectivity index (χ0v) is 27.9. The van der Waals surface area contributed by atoms with Crippen molar-refractivity contribution >= 4 is 11.5 Å². The second kappa shape index (κ2) is 25.9. The number of hydrogen-bond donors (Lipinski definition) is 0. The minimum atomic E-state index is -0.268. The Kier molecular flexibility index (Phi) is 23.5. The van der Waals surface area contributed by atoms with Crippen molar-refractivity contribution in [1.82, 2.24) is 0 Å². The van der Waals surface area contributed by atoms with E-state index in [0.717, 1.165) is 56.1 Å². The zero-order chi connectivity index (χ0) is 30.0. The van der Waals surface area contributed by atoms with E-state index in [0.29, 0.717) is 5.76 Å². The summed E-state index contributed by atoms with van der Waals surface area (Å²) in [4.78, 5) is 13.7. The van der Waals surface area contributed by atoms with Gasteiger partial charge in [-0.1, -0.05) is 155 Å². The number of methoxy groups -OCH3 is 1. The van der Waals surface area contributed by atoms with Crippen molar-refractivity contribution in [2.45, 2.75) is 181 Å². The monoisotopic (exact) mass is 571 g/mol. The van der Waals surface area contributed by atoms with Crippen LogP contribution in [0.2, 0.25) is 0 Å². The van der Waals surface area contributed by atoms with Gasteiger partial charge in [-0.3, -0.25) is 0 Å². The third-order valence-corrected chi connectivity index (χ3v) is 8.45. The maximum atomic E-state index is 13.7. The number of carbonyl (C=O) groups excluding carboxylic acids is 1. The predicted octanol–water partition coefficient (Wildman–Crippen LogP) is 12.2. The van der Waals surface area contributed by atoms with Crippen LogP contribution in [0.4, 0.5) is 0 Å². The van der Waals surface area contributed by atoms with Gasteiger partial charge in [0.15, 0.2) is 0 Å². The molecule has 0 bridgehead atoms. The fourth-order valence-corrected chi connectivity index (χ4v) is 5.85. The van der Waals surface area contributed by atoms with Crippen molar-refractivity contribution in [2.24, 2.45) is 0 Å². The maximum absolute atomic E-state index is 13.7. The summed E-state index contributed by atoms with van der Waals surface area (Å²) in [6.07, 6.45) is 27.7. The minimum absolute atomic E-state index is 0.0221. The fraction of sp³-hybridized carbons (Fsp3) is 0.763. The minimum Gasteiger partial charge on any atom is -0.490 e. The number of unbranched alkanes of at least 4 members (excludes halogenated alkanes) is 16. The highest BCUT2D eigenvalue weighted by molar-refractivity contribution is 5.96. The average Bonchev–Trinajstić information content (AvgIpc) is 2.99. The lowest BCUT2D eigenvalue weighted by Crippen LogP contribution is -2.21. The first kappa shape index (κ1) is 37.3. The molecule has 0 fully saturated rings. The van der Waals surface area contributed by atoms with E-state index in [4.69, 9.17) is 9.47 Å². The Hall–Kier alpha value is -1.77. The molecular formula is C38H66O3. The highest BCUT2D eigenvalue weighted by Gasteiger charge is 2.24. The molecule has 1 atom stereocenters. The van der Waals surface area contributed by atoms with Crippen molar-refractivity contribution in [3.63, 3.8) is 0 Å². The summed E-state index contributed by atoms with van der Waals surface area (Å²) in [5.74, 6) is 0.151. The molecule has 0 aromatic heterocycles. The van der Waals surface area contributed by atoms with Crippen molar-refractivity contribution in [2.75, 3.05) is 7.11 Å². The topological polar surface area (TPSA) is 35.5 Å². The first-order valence-electron chi connectivity index (χ1n) is 17.7. The largest absolute Gasteiger partial charge is 0.490 e. The fourth-order valence-electron chi connectivity index (χ4n) is 5.85. The predicted molar refractivity (Wildman–Crippen MR) is 178 cm³/mol. The van der Waals surface area contributed by atoms with Crippen molar-refractivity contribution < 1.29 is 14.3 Å². The van der Waals surface area contributed by atoms with Crippen LogP contribution < -0.4 is 0 Å². The van der Waals surface area contributed by atoms with Crippen LogP contribution in [0, 0.1) is 0 Å². The van der Waals surface area contributed by atoms with Gasteiger partial charge in [0, 0.05) is 5.57 Å². The Morgan fingerprint density at radius 3 is 1.59 bits per heavy atom. The van der Waals surface area contributed by atoms with E-state index < -0.39 is 0 Å². The molecule has 0 aliphatic carbocycles. The van der Waals surface area contributed by atoms with Crippen LogP contribution in [0.25, 0.3) is 5.57 Å². The third-order valence-electron chi connectivity index (χ3n) is 8.45. The molecule has 0 heterocycles. The highest BCUT2D eigenvalue weighted by Crippen LogP contribution is 2.30. The van der Waals surface area contributed by atoms with Crippen molar-refractivity contribution in [3.8, 4) is 0 Å². The first-order valence-corrected chi connectivity index (χ1v) is 17.7. The lowest BCUT2D eigenvalue weighted by atomic mass is 9.93. The van der Waals surface area contributed by atoms with Gasteiger partial charge in [0.2, 0.25) is 5.76 Å². The molecule has 1 aromatic carbocycles. The van der Waals surface area contributed by atoms with Gasteiger partial charge in [-0.2, -0.15) is 0 Å². The normalized spacial score (nSPS) is 12.7. The van der Waals surface area contributed by atoms with Crippen LogP contribution in [0.3, 0.4) is 0 Å². The van der Waals surface area contributed by atoms with Gasteiger partial charge in [-0.25, -0.2) is 4.79 Å². The van der Waals surface area contributed by atoms with E-state index in [1.165, 1.54) is 108 Å². The van der Waals surface area contributed by atoms with E-state index in [9.17, 15) is 4.79 Å². The van der Waals surface area contributed by atoms with Crippen molar-refractivity contribution in [3.05, 3.63) is 41.2 Å². The van der Waals surface area contributed by atoms with Gasteiger partial charge in [0.1, 0.15) is 6.10 Å². The Morgan fingerprint density at radius 2 is 1.10 bits per heavy atom. The molecule has 0 amide bonds. The van der Waals surface area contributed by atoms with Crippen LogP contribution in [0.5, 0.6) is 0 Å². The van der Waals surface area contributed by atoms with E-state index >= 15 is 0 Å². The summed E-state index contributed by atoms with van der Waals surface area (Å²) < 4.78 is 12.1. The Labute approximate surface area is 255 Å². The van der Waals surface area contributed by atoms with Crippen LogP contribution in [-0.2, 0) is 20.7 Å². The number of benzene rings is 1. The quantitative estimate of drug-likeness (QED) is 0.0456. The number of esters is 1. The molecule has 0 aliphatic heterocycles. The van der Waals surface area contributed by atoms with Gasteiger partial charge in [0.25, 0.3) is 0 Å². The molecule has 0 radical (unpaired) electrons. The number of aryl methyl sites for hydroxylation is 1. The van der Waals surface area contributed by atoms with Gasteiger partial charge < -0.3 is 9.47 Å². The summed E-state index contributed by atoms with van der Waals surface area (Å²) in [6, 6.07) is 8.48. The summed E-state index contributed by atoms with van der Waals surface area (Å²) in [5, 5.41) is 0. The number of rotatable bonds is 27. The van der Waals surface area contributed by atoms with Gasteiger partial charge >= 0.3 is 5.97 Å². The molecule has 0 aliphatic rings. The van der Waals surface area contributed by atoms with Crippen LogP contribution >= 0.6 is 0 Å². The number of carbonyl (C=O) groups is 1. The molecule has 1 unspecified atom stereocenters. The number of ether oxygens (including phenoxy) is 2. The molecule has 236 valence electrons. The molecule has 1 aromatic rings. The van der Waals surface area contributed by atoms with Crippen LogP contribution in [-0.4, -0.2) is 19.2 Å². The Morgan fingerprint density at radius 1 is 0.634 bits per heavy atom. The SMILES string of the molecule is CCCCCCCCCCCC(CCCCCCCC)OC(=O)C(OC)=C(CCCCCC)c1ccccc1CC. The number of allylic oxidation sites excluding steroid dienone is 1. The highest BCUT2D eigenvalue weighted by atomic mass is 16.6. The average molecular weight is 571 g/mol. The third kappa shape index (κ3) is 17.1. The van der Waals surface area contributed by atoms with E-state index in [-0.39, 0.29) is 12.1 Å². The van der Waals surface area contributed by atoms with Gasteiger partial charge in [-0.15, -0.1) is 0 Å². The van der Waals surface area contributed by atoms with E-state index in [2.05, 4.69) is 52.0 Å². The Balaban J connectivity index is 2.92. The molecule has 1 rings (SSSR count). The Bertz CT molecular complexity index is 796. The van der Waals surface area contributed by atoms with Crippen LogP contribution in [0.15, 0.2) is 30.0 Å². The molecule has 0 spiro atoms. The summed E-state index contributed by atoms with van der Waals surface area (Å²) in [5.41, 5.74) is 3.43. The molecule has 0 saturated carbocycles. The second-order valence-corrected chi connectivity index (χ2v) is 12.0. The molecule has 0 N–H and O–H groups in total. The zero-order valence-electron chi connectivity index (χ0n) is 27.9.